The van der Waals surface area contributed by atoms with Crippen LogP contribution in [0.1, 0.15) is 32.9 Å². The minimum atomic E-state index is -4.55. The molecule has 0 aliphatic heterocycles. The van der Waals surface area contributed by atoms with E-state index >= 15 is 0 Å². The molecule has 1 heterocycles. The van der Waals surface area contributed by atoms with Crippen LogP contribution in [0.15, 0.2) is 48.5 Å². The number of halogens is 5. The molecule has 1 aromatic heterocycles. The van der Waals surface area contributed by atoms with Crippen molar-refractivity contribution in [2.24, 2.45) is 0 Å². The zero-order valence-electron chi connectivity index (χ0n) is 15.6. The van der Waals surface area contributed by atoms with E-state index in [0.29, 0.717) is 17.5 Å². The van der Waals surface area contributed by atoms with Crippen molar-refractivity contribution in [1.82, 2.24) is 9.88 Å². The van der Waals surface area contributed by atoms with Crippen LogP contribution in [0.3, 0.4) is 0 Å². The second-order valence-corrected chi connectivity index (χ2v) is 6.55. The lowest BCUT2D eigenvalue weighted by Gasteiger charge is -2.16. The van der Waals surface area contributed by atoms with E-state index in [0.717, 1.165) is 12.1 Å². The Labute approximate surface area is 163 Å². The Morgan fingerprint density at radius 2 is 1.72 bits per heavy atom. The van der Waals surface area contributed by atoms with E-state index in [-0.39, 0.29) is 23.4 Å². The molecule has 3 nitrogen and oxygen atoms in total. The number of alkyl halides is 3. The molecule has 0 saturated carbocycles. The maximum absolute atomic E-state index is 13.7. The molecule has 0 spiro atoms. The number of rotatable bonds is 4. The number of amides is 1. The van der Waals surface area contributed by atoms with Crippen LogP contribution in [0.2, 0.25) is 0 Å². The van der Waals surface area contributed by atoms with Crippen molar-refractivity contribution in [3.05, 3.63) is 88.2 Å². The van der Waals surface area contributed by atoms with E-state index in [1.54, 1.807) is 6.92 Å². The van der Waals surface area contributed by atoms with Gasteiger partial charge in [0.05, 0.1) is 16.8 Å². The molecule has 0 radical (unpaired) electrons. The summed E-state index contributed by atoms with van der Waals surface area (Å²) < 4.78 is 68.2. The monoisotopic (exact) mass is 408 g/mol. The van der Waals surface area contributed by atoms with Crippen LogP contribution in [-0.2, 0) is 12.7 Å². The predicted molar refractivity (Wildman–Crippen MR) is 97.8 cm³/mol. The molecule has 8 heteroatoms. The fourth-order valence-corrected chi connectivity index (χ4v) is 3.21. The summed E-state index contributed by atoms with van der Waals surface area (Å²) in [6.45, 7) is 2.94. The Balaban J connectivity index is 1.91. The number of hydrogen-bond donors (Lipinski definition) is 1. The predicted octanol–water partition coefficient (Wildman–Crippen LogP) is 5.32. The number of carbonyl (C=O) groups is 1. The van der Waals surface area contributed by atoms with Crippen molar-refractivity contribution >= 4 is 5.91 Å². The average Bonchev–Trinajstić information content (AvgIpc) is 2.94. The van der Waals surface area contributed by atoms with Crippen LogP contribution < -0.4 is 5.32 Å². The number of benzene rings is 2. The van der Waals surface area contributed by atoms with E-state index in [9.17, 15) is 26.7 Å². The Morgan fingerprint density at radius 1 is 1.03 bits per heavy atom. The number of carbonyl (C=O) groups excluding carboxylic acids is 1. The summed E-state index contributed by atoms with van der Waals surface area (Å²) in [5.41, 5.74) is 0.118. The van der Waals surface area contributed by atoms with Gasteiger partial charge in [-0.05, 0) is 38.1 Å². The van der Waals surface area contributed by atoms with Gasteiger partial charge in [-0.15, -0.1) is 0 Å². The molecule has 1 N–H and O–H groups in total. The maximum atomic E-state index is 13.7. The highest BCUT2D eigenvalue weighted by Gasteiger charge is 2.34. The molecular weight excluding hydrogens is 391 g/mol. The molecule has 3 aromatic rings. The minimum Gasteiger partial charge on any atom is -0.348 e. The van der Waals surface area contributed by atoms with E-state index in [2.05, 4.69) is 5.32 Å². The molecular formula is C21H17F5N2O. The van der Waals surface area contributed by atoms with E-state index in [1.165, 1.54) is 41.8 Å². The minimum absolute atomic E-state index is 0.0846. The van der Waals surface area contributed by atoms with E-state index < -0.39 is 29.3 Å². The van der Waals surface area contributed by atoms with Gasteiger partial charge >= 0.3 is 6.18 Å². The topological polar surface area (TPSA) is 34.0 Å². The van der Waals surface area contributed by atoms with Crippen molar-refractivity contribution in [1.29, 1.82) is 0 Å². The van der Waals surface area contributed by atoms with Crippen molar-refractivity contribution in [2.75, 3.05) is 0 Å². The average molecular weight is 408 g/mol. The van der Waals surface area contributed by atoms with Gasteiger partial charge < -0.3 is 9.88 Å². The first-order valence-electron chi connectivity index (χ1n) is 8.67. The Morgan fingerprint density at radius 3 is 2.38 bits per heavy atom. The Kier molecular flexibility index (Phi) is 5.46. The standard InChI is InChI=1S/C21H17F5N2O/c1-12-9-16(20(29)27-11-14-7-8-15(22)10-18(14)23)13(2)28(12)19-6-4-3-5-17(19)21(24,25)26/h3-10H,11H2,1-2H3,(H,27,29). The van der Waals surface area contributed by atoms with Crippen molar-refractivity contribution < 1.29 is 26.7 Å². The Hall–Kier alpha value is -3.16. The van der Waals surface area contributed by atoms with Crippen LogP contribution in [0.25, 0.3) is 5.69 Å². The lowest BCUT2D eigenvalue weighted by atomic mass is 10.1. The largest absolute Gasteiger partial charge is 0.418 e. The summed E-state index contributed by atoms with van der Waals surface area (Å²) in [5.74, 6) is -2.10. The van der Waals surface area contributed by atoms with Gasteiger partial charge in [-0.2, -0.15) is 13.2 Å². The molecule has 2 aromatic carbocycles. The third-order valence-electron chi connectivity index (χ3n) is 4.58. The van der Waals surface area contributed by atoms with Crippen LogP contribution in [0, 0.1) is 25.5 Å². The normalized spacial score (nSPS) is 11.6. The van der Waals surface area contributed by atoms with Crippen LogP contribution >= 0.6 is 0 Å². The maximum Gasteiger partial charge on any atom is 0.418 e. The van der Waals surface area contributed by atoms with Crippen LogP contribution in [-0.4, -0.2) is 10.5 Å². The number of aryl methyl sites for hydroxylation is 1. The third-order valence-corrected chi connectivity index (χ3v) is 4.58. The van der Waals surface area contributed by atoms with Gasteiger partial charge in [-0.25, -0.2) is 8.78 Å². The lowest BCUT2D eigenvalue weighted by Crippen LogP contribution is -2.24. The molecule has 0 fully saturated rings. The second kappa shape index (κ2) is 7.69. The van der Waals surface area contributed by atoms with Gasteiger partial charge in [-0.1, -0.05) is 18.2 Å². The van der Waals surface area contributed by atoms with Gasteiger partial charge in [0, 0.05) is 29.6 Å². The quantitative estimate of drug-likeness (QED) is 0.583. The molecule has 0 saturated heterocycles. The summed E-state index contributed by atoms with van der Waals surface area (Å²) in [6.07, 6.45) is -4.55. The second-order valence-electron chi connectivity index (χ2n) is 6.55. The van der Waals surface area contributed by atoms with Gasteiger partial charge in [0.15, 0.2) is 0 Å². The van der Waals surface area contributed by atoms with Crippen LogP contribution in [0.4, 0.5) is 22.0 Å². The molecule has 3 rings (SSSR count). The molecule has 0 aliphatic carbocycles. The molecule has 1 amide bonds. The SMILES string of the molecule is Cc1cc(C(=O)NCc2ccc(F)cc2F)c(C)n1-c1ccccc1C(F)(F)F. The van der Waals surface area contributed by atoms with Crippen molar-refractivity contribution in [2.45, 2.75) is 26.6 Å². The Bertz CT molecular complexity index is 1070. The molecule has 29 heavy (non-hydrogen) atoms. The van der Waals surface area contributed by atoms with Gasteiger partial charge in [0.1, 0.15) is 11.6 Å². The summed E-state index contributed by atoms with van der Waals surface area (Å²) in [6, 6.07) is 9.56. The highest BCUT2D eigenvalue weighted by atomic mass is 19.4. The van der Waals surface area contributed by atoms with Gasteiger partial charge in [0.2, 0.25) is 0 Å². The number of hydrogen-bond acceptors (Lipinski definition) is 1. The number of nitrogens with zero attached hydrogens (tertiary/aromatic N) is 1. The number of aromatic nitrogens is 1. The first-order chi connectivity index (χ1) is 13.6. The van der Waals surface area contributed by atoms with E-state index in [1.807, 2.05) is 0 Å². The number of para-hydroxylation sites is 1. The summed E-state index contributed by atoms with van der Waals surface area (Å²) in [5, 5.41) is 2.52. The first-order valence-corrected chi connectivity index (χ1v) is 8.67. The number of nitrogens with one attached hydrogen (secondary N) is 1. The molecule has 0 unspecified atom stereocenters. The van der Waals surface area contributed by atoms with E-state index in [4.69, 9.17) is 0 Å². The fraction of sp³-hybridized carbons (Fsp3) is 0.190. The molecule has 152 valence electrons. The summed E-state index contributed by atoms with van der Waals surface area (Å²) in [7, 11) is 0. The third kappa shape index (κ3) is 4.16. The molecule has 0 atom stereocenters. The smallest absolute Gasteiger partial charge is 0.348 e. The summed E-state index contributed by atoms with van der Waals surface area (Å²) >= 11 is 0. The zero-order valence-corrected chi connectivity index (χ0v) is 15.6. The van der Waals surface area contributed by atoms with Gasteiger partial charge in [-0.3, -0.25) is 4.79 Å². The molecule has 0 aliphatic rings. The van der Waals surface area contributed by atoms with Crippen LogP contribution in [0.5, 0.6) is 0 Å². The first kappa shape index (κ1) is 20.6. The van der Waals surface area contributed by atoms with Crippen molar-refractivity contribution in [3.8, 4) is 5.69 Å². The highest BCUT2D eigenvalue weighted by Crippen LogP contribution is 2.35. The summed E-state index contributed by atoms with van der Waals surface area (Å²) in [4.78, 5) is 12.6. The highest BCUT2D eigenvalue weighted by molar-refractivity contribution is 5.95. The van der Waals surface area contributed by atoms with Gasteiger partial charge in [0.25, 0.3) is 5.91 Å². The fourth-order valence-electron chi connectivity index (χ4n) is 3.21. The zero-order chi connectivity index (χ0) is 21.3. The molecule has 0 bridgehead atoms. The van der Waals surface area contributed by atoms with Crippen molar-refractivity contribution in [3.63, 3.8) is 0 Å². The lowest BCUT2D eigenvalue weighted by molar-refractivity contribution is -0.137.